The summed E-state index contributed by atoms with van der Waals surface area (Å²) >= 11 is 0. The lowest BCUT2D eigenvalue weighted by atomic mass is 9.90. The van der Waals surface area contributed by atoms with Crippen molar-refractivity contribution in [3.05, 3.63) is 70.8 Å². The second-order valence-electron chi connectivity index (χ2n) is 7.53. The zero-order valence-corrected chi connectivity index (χ0v) is 16.4. The van der Waals surface area contributed by atoms with Gasteiger partial charge in [-0.2, -0.15) is 0 Å². The Hall–Kier alpha value is -2.66. The van der Waals surface area contributed by atoms with Crippen molar-refractivity contribution in [1.29, 1.82) is 0 Å². The molecule has 1 aromatic heterocycles. The van der Waals surface area contributed by atoms with Crippen LogP contribution in [0.5, 0.6) is 5.75 Å². The van der Waals surface area contributed by atoms with Crippen LogP contribution in [0.1, 0.15) is 30.7 Å². The van der Waals surface area contributed by atoms with E-state index in [1.54, 1.807) is 18.0 Å². The molecule has 1 fully saturated rings. The van der Waals surface area contributed by atoms with E-state index in [1.165, 1.54) is 18.4 Å². The highest BCUT2D eigenvalue weighted by Gasteiger charge is 2.21. The molecule has 0 saturated carbocycles. The molecule has 0 amide bonds. The first-order valence-corrected chi connectivity index (χ1v) is 10.0. The quantitative estimate of drug-likeness (QED) is 0.658. The molecule has 0 aliphatic carbocycles. The number of aryl methyl sites for hydroxylation is 1. The minimum atomic E-state index is 0.0542. The predicted octanol–water partition coefficient (Wildman–Crippen LogP) is 3.67. The molecule has 0 N–H and O–H groups in total. The number of rotatable bonds is 6. The summed E-state index contributed by atoms with van der Waals surface area (Å²) in [5, 5.41) is 0.695. The molecule has 1 aliphatic rings. The highest BCUT2D eigenvalue weighted by molar-refractivity contribution is 5.76. The van der Waals surface area contributed by atoms with Gasteiger partial charge in [0.2, 0.25) is 0 Å². The first-order chi connectivity index (χ1) is 13.7. The van der Waals surface area contributed by atoms with Gasteiger partial charge in [-0.05, 0) is 68.1 Å². The van der Waals surface area contributed by atoms with E-state index in [1.807, 2.05) is 30.3 Å². The maximum absolute atomic E-state index is 12.6. The zero-order chi connectivity index (χ0) is 19.3. The number of methoxy groups -OCH3 is 1. The molecular formula is C23H27N3O2. The first-order valence-electron chi connectivity index (χ1n) is 10.0. The van der Waals surface area contributed by atoms with E-state index in [4.69, 9.17) is 4.74 Å². The van der Waals surface area contributed by atoms with Crippen LogP contribution in [0.3, 0.4) is 0 Å². The standard InChI is InChI=1S/C23H27N3O2/c1-28-20-9-4-7-18(15-20)19-8-5-12-25(16-19)13-6-14-26-17-24-22-11-3-2-10-21(22)23(26)27/h2-4,7,9-11,15,17,19H,5-6,8,12-14,16H2,1H3. The van der Waals surface area contributed by atoms with Crippen molar-refractivity contribution in [2.45, 2.75) is 31.7 Å². The summed E-state index contributed by atoms with van der Waals surface area (Å²) in [6.45, 7) is 3.90. The average Bonchev–Trinajstić information content (AvgIpc) is 2.76. The van der Waals surface area contributed by atoms with Crippen LogP contribution in [0.15, 0.2) is 59.7 Å². The lowest BCUT2D eigenvalue weighted by Gasteiger charge is -2.33. The van der Waals surface area contributed by atoms with Crippen LogP contribution in [0.4, 0.5) is 0 Å². The molecule has 1 atom stereocenters. The molecule has 2 heterocycles. The van der Waals surface area contributed by atoms with Gasteiger partial charge >= 0.3 is 0 Å². The van der Waals surface area contributed by atoms with Crippen LogP contribution in [-0.4, -0.2) is 41.2 Å². The van der Waals surface area contributed by atoms with Crippen LogP contribution >= 0.6 is 0 Å². The Morgan fingerprint density at radius 3 is 2.93 bits per heavy atom. The van der Waals surface area contributed by atoms with Crippen molar-refractivity contribution in [1.82, 2.24) is 14.5 Å². The minimum absolute atomic E-state index is 0.0542. The largest absolute Gasteiger partial charge is 0.497 e. The Morgan fingerprint density at radius 2 is 2.04 bits per heavy atom. The molecule has 4 rings (SSSR count). The van der Waals surface area contributed by atoms with Gasteiger partial charge in [-0.15, -0.1) is 0 Å². The van der Waals surface area contributed by atoms with Gasteiger partial charge in [-0.25, -0.2) is 4.98 Å². The molecule has 0 radical (unpaired) electrons. The molecule has 1 unspecified atom stereocenters. The van der Waals surface area contributed by atoms with Gasteiger partial charge < -0.3 is 9.64 Å². The van der Waals surface area contributed by atoms with Crippen molar-refractivity contribution in [3.63, 3.8) is 0 Å². The number of ether oxygens (including phenoxy) is 1. The molecule has 1 aliphatic heterocycles. The van der Waals surface area contributed by atoms with E-state index >= 15 is 0 Å². The van der Waals surface area contributed by atoms with Crippen LogP contribution in [0.25, 0.3) is 10.9 Å². The van der Waals surface area contributed by atoms with Gasteiger partial charge in [-0.3, -0.25) is 9.36 Å². The fourth-order valence-corrected chi connectivity index (χ4v) is 4.16. The molecule has 1 saturated heterocycles. The summed E-state index contributed by atoms with van der Waals surface area (Å²) < 4.78 is 7.12. The number of benzene rings is 2. The first kappa shape index (κ1) is 18.7. The van der Waals surface area contributed by atoms with E-state index in [9.17, 15) is 4.79 Å². The predicted molar refractivity (Wildman–Crippen MR) is 112 cm³/mol. The fourth-order valence-electron chi connectivity index (χ4n) is 4.16. The van der Waals surface area contributed by atoms with Crippen LogP contribution in [0.2, 0.25) is 0 Å². The Kier molecular flexibility index (Phi) is 5.72. The van der Waals surface area contributed by atoms with Gasteiger partial charge in [0.05, 0.1) is 24.3 Å². The van der Waals surface area contributed by atoms with Crippen molar-refractivity contribution < 1.29 is 4.74 Å². The number of fused-ring (bicyclic) bond motifs is 1. The van der Waals surface area contributed by atoms with Crippen LogP contribution < -0.4 is 10.3 Å². The van der Waals surface area contributed by atoms with Gasteiger partial charge in [-0.1, -0.05) is 24.3 Å². The minimum Gasteiger partial charge on any atom is -0.497 e. The van der Waals surface area contributed by atoms with Gasteiger partial charge in [0.25, 0.3) is 5.56 Å². The van der Waals surface area contributed by atoms with Crippen molar-refractivity contribution in [2.24, 2.45) is 0 Å². The second-order valence-corrected chi connectivity index (χ2v) is 7.53. The molecule has 146 valence electrons. The number of aromatic nitrogens is 2. The summed E-state index contributed by atoms with van der Waals surface area (Å²) in [6, 6.07) is 16.0. The molecule has 28 heavy (non-hydrogen) atoms. The van der Waals surface area contributed by atoms with E-state index < -0.39 is 0 Å². The SMILES string of the molecule is COc1cccc(C2CCCN(CCCn3cnc4ccccc4c3=O)C2)c1. The summed E-state index contributed by atoms with van der Waals surface area (Å²) in [5.74, 6) is 1.48. The van der Waals surface area contributed by atoms with Gasteiger partial charge in [0.15, 0.2) is 0 Å². The normalized spacial score (nSPS) is 17.7. The molecule has 5 heteroatoms. The fraction of sp³-hybridized carbons (Fsp3) is 0.391. The lowest BCUT2D eigenvalue weighted by molar-refractivity contribution is 0.202. The maximum Gasteiger partial charge on any atom is 0.261 e. The maximum atomic E-state index is 12.6. The number of hydrogen-bond acceptors (Lipinski definition) is 4. The Balaban J connectivity index is 1.36. The molecule has 0 bridgehead atoms. The molecule has 0 spiro atoms. The number of likely N-dealkylation sites (tertiary alicyclic amines) is 1. The Bertz CT molecular complexity index is 998. The van der Waals surface area contributed by atoms with Crippen LogP contribution in [-0.2, 0) is 6.54 Å². The smallest absolute Gasteiger partial charge is 0.261 e. The van der Waals surface area contributed by atoms with Gasteiger partial charge in [0, 0.05) is 13.1 Å². The third kappa shape index (κ3) is 4.09. The molecular weight excluding hydrogens is 350 g/mol. The number of para-hydroxylation sites is 1. The van der Waals surface area contributed by atoms with Crippen molar-refractivity contribution in [3.8, 4) is 5.75 Å². The van der Waals surface area contributed by atoms with E-state index in [2.05, 4.69) is 28.1 Å². The molecule has 5 nitrogen and oxygen atoms in total. The number of nitrogens with zero attached hydrogens (tertiary/aromatic N) is 3. The Labute approximate surface area is 165 Å². The third-order valence-electron chi connectivity index (χ3n) is 5.68. The van der Waals surface area contributed by atoms with Crippen molar-refractivity contribution >= 4 is 10.9 Å². The number of hydrogen-bond donors (Lipinski definition) is 0. The van der Waals surface area contributed by atoms with E-state index in [0.29, 0.717) is 17.8 Å². The highest BCUT2D eigenvalue weighted by Crippen LogP contribution is 2.29. The topological polar surface area (TPSA) is 47.4 Å². The third-order valence-corrected chi connectivity index (χ3v) is 5.68. The highest BCUT2D eigenvalue weighted by atomic mass is 16.5. The van der Waals surface area contributed by atoms with Gasteiger partial charge in [0.1, 0.15) is 5.75 Å². The van der Waals surface area contributed by atoms with Crippen molar-refractivity contribution in [2.75, 3.05) is 26.7 Å². The molecule has 2 aromatic carbocycles. The molecule has 3 aromatic rings. The monoisotopic (exact) mass is 377 g/mol. The summed E-state index contributed by atoms with van der Waals surface area (Å²) in [6.07, 6.45) is 5.06. The summed E-state index contributed by atoms with van der Waals surface area (Å²) in [5.41, 5.74) is 2.18. The summed E-state index contributed by atoms with van der Waals surface area (Å²) in [7, 11) is 1.72. The van der Waals surface area contributed by atoms with E-state index in [-0.39, 0.29) is 5.56 Å². The zero-order valence-electron chi connectivity index (χ0n) is 16.4. The van der Waals surface area contributed by atoms with Crippen LogP contribution in [0, 0.1) is 0 Å². The Morgan fingerprint density at radius 1 is 1.14 bits per heavy atom. The average molecular weight is 377 g/mol. The number of piperidine rings is 1. The summed E-state index contributed by atoms with van der Waals surface area (Å²) in [4.78, 5) is 19.5. The lowest BCUT2D eigenvalue weighted by Crippen LogP contribution is -2.35. The second kappa shape index (κ2) is 8.57. The van der Waals surface area contributed by atoms with E-state index in [0.717, 1.165) is 37.3 Å².